The highest BCUT2D eigenvalue weighted by atomic mass is 35.5. The lowest BCUT2D eigenvalue weighted by molar-refractivity contribution is -0.137. The first-order chi connectivity index (χ1) is 12.5. The van der Waals surface area contributed by atoms with E-state index in [0.717, 1.165) is 43.3 Å². The number of aliphatic hydroxyl groups is 1. The Kier molecular flexibility index (Phi) is 5.80. The second-order valence-electron chi connectivity index (χ2n) is 6.26. The number of carbonyl (C=O) groups excluding carboxylic acids is 2. The molecule has 140 valence electrons. The molecule has 0 spiro atoms. The molecule has 0 saturated carbocycles. The SMILES string of the molecule is CCN1CCN(c2c(Cl)cccc2NC2=CC(=O)N(CCO)C2=O)CC1. The Morgan fingerprint density at radius 2 is 1.92 bits per heavy atom. The number of halogens is 1. The summed E-state index contributed by atoms with van der Waals surface area (Å²) in [7, 11) is 0. The number of para-hydroxylation sites is 1. The van der Waals surface area contributed by atoms with Gasteiger partial charge in [-0.15, -0.1) is 0 Å². The Hall–Kier alpha value is -2.09. The molecular weight excluding hydrogens is 356 g/mol. The van der Waals surface area contributed by atoms with E-state index in [-0.39, 0.29) is 18.8 Å². The largest absolute Gasteiger partial charge is 0.395 e. The predicted molar refractivity (Wildman–Crippen MR) is 101 cm³/mol. The van der Waals surface area contributed by atoms with E-state index in [2.05, 4.69) is 22.0 Å². The highest BCUT2D eigenvalue weighted by Gasteiger charge is 2.31. The van der Waals surface area contributed by atoms with Gasteiger partial charge in [0.05, 0.1) is 29.5 Å². The molecule has 0 atom stereocenters. The van der Waals surface area contributed by atoms with Gasteiger partial charge in [0.2, 0.25) is 0 Å². The van der Waals surface area contributed by atoms with Gasteiger partial charge in [-0.1, -0.05) is 24.6 Å². The summed E-state index contributed by atoms with van der Waals surface area (Å²) >= 11 is 6.45. The topological polar surface area (TPSA) is 76.1 Å². The van der Waals surface area contributed by atoms with E-state index in [1.165, 1.54) is 6.08 Å². The van der Waals surface area contributed by atoms with Crippen LogP contribution in [0.4, 0.5) is 11.4 Å². The maximum atomic E-state index is 12.4. The smallest absolute Gasteiger partial charge is 0.277 e. The van der Waals surface area contributed by atoms with Crippen LogP contribution in [0, 0.1) is 0 Å². The predicted octanol–water partition coefficient (Wildman–Crippen LogP) is 1.14. The Morgan fingerprint density at radius 3 is 2.58 bits per heavy atom. The number of aliphatic hydroxyl groups excluding tert-OH is 1. The molecule has 8 heteroatoms. The Bertz CT molecular complexity index is 729. The van der Waals surface area contributed by atoms with Crippen LogP contribution in [0.15, 0.2) is 30.0 Å². The molecule has 0 aliphatic carbocycles. The minimum atomic E-state index is -0.439. The molecule has 1 fully saturated rings. The minimum absolute atomic E-state index is 0.0132. The average Bonchev–Trinajstić information content (AvgIpc) is 2.90. The van der Waals surface area contributed by atoms with Gasteiger partial charge in [0.25, 0.3) is 11.8 Å². The zero-order valence-electron chi connectivity index (χ0n) is 14.7. The molecule has 2 aliphatic heterocycles. The molecule has 1 aromatic carbocycles. The lowest BCUT2D eigenvalue weighted by Crippen LogP contribution is -2.46. The van der Waals surface area contributed by atoms with Crippen LogP contribution >= 0.6 is 11.6 Å². The third-order valence-electron chi connectivity index (χ3n) is 4.72. The van der Waals surface area contributed by atoms with Crippen LogP contribution in [0.1, 0.15) is 6.92 Å². The molecule has 7 nitrogen and oxygen atoms in total. The summed E-state index contributed by atoms with van der Waals surface area (Å²) in [6, 6.07) is 5.48. The molecule has 26 heavy (non-hydrogen) atoms. The Morgan fingerprint density at radius 1 is 1.19 bits per heavy atom. The highest BCUT2D eigenvalue weighted by Crippen LogP contribution is 2.35. The van der Waals surface area contributed by atoms with Crippen molar-refractivity contribution in [1.29, 1.82) is 0 Å². The number of nitrogens with zero attached hydrogens (tertiary/aromatic N) is 3. The van der Waals surface area contributed by atoms with E-state index >= 15 is 0 Å². The number of hydrogen-bond acceptors (Lipinski definition) is 6. The van der Waals surface area contributed by atoms with Crippen molar-refractivity contribution in [2.45, 2.75) is 6.92 Å². The number of piperazine rings is 1. The van der Waals surface area contributed by atoms with Crippen molar-refractivity contribution in [2.24, 2.45) is 0 Å². The number of carbonyl (C=O) groups is 2. The molecule has 2 N–H and O–H groups in total. The molecular formula is C18H23ClN4O3. The van der Waals surface area contributed by atoms with E-state index in [4.69, 9.17) is 16.7 Å². The second kappa shape index (κ2) is 8.07. The third kappa shape index (κ3) is 3.70. The number of imide groups is 1. The van der Waals surface area contributed by atoms with Crippen LogP contribution in [0.5, 0.6) is 0 Å². The monoisotopic (exact) mass is 378 g/mol. The summed E-state index contributed by atoms with van der Waals surface area (Å²) in [5, 5.41) is 12.7. The van der Waals surface area contributed by atoms with Crippen molar-refractivity contribution in [1.82, 2.24) is 9.80 Å². The molecule has 2 amide bonds. The number of hydrogen-bond donors (Lipinski definition) is 2. The fraction of sp³-hybridized carbons (Fsp3) is 0.444. The molecule has 1 saturated heterocycles. The van der Waals surface area contributed by atoms with Crippen molar-refractivity contribution in [3.63, 3.8) is 0 Å². The first-order valence-corrected chi connectivity index (χ1v) is 9.14. The molecule has 0 radical (unpaired) electrons. The number of rotatable bonds is 6. The van der Waals surface area contributed by atoms with Gasteiger partial charge in [0, 0.05) is 32.3 Å². The number of nitrogens with one attached hydrogen (secondary N) is 1. The molecule has 2 heterocycles. The number of amides is 2. The summed E-state index contributed by atoms with van der Waals surface area (Å²) in [6.45, 7) is 6.47. The van der Waals surface area contributed by atoms with Crippen LogP contribution in [-0.4, -0.2) is 72.6 Å². The Balaban J connectivity index is 1.81. The normalized spacial score (nSPS) is 18.5. The van der Waals surface area contributed by atoms with Gasteiger partial charge in [0.1, 0.15) is 5.70 Å². The van der Waals surface area contributed by atoms with Gasteiger partial charge in [0.15, 0.2) is 0 Å². The van der Waals surface area contributed by atoms with Crippen LogP contribution in [0.2, 0.25) is 5.02 Å². The molecule has 0 aromatic heterocycles. The first-order valence-electron chi connectivity index (χ1n) is 8.76. The highest BCUT2D eigenvalue weighted by molar-refractivity contribution is 6.34. The molecule has 1 aromatic rings. The van der Waals surface area contributed by atoms with E-state index in [0.29, 0.717) is 10.7 Å². The fourth-order valence-corrected chi connectivity index (χ4v) is 3.57. The van der Waals surface area contributed by atoms with Crippen molar-refractivity contribution in [3.8, 4) is 0 Å². The van der Waals surface area contributed by atoms with Crippen LogP contribution in [0.25, 0.3) is 0 Å². The Labute approximate surface area is 157 Å². The van der Waals surface area contributed by atoms with Gasteiger partial charge < -0.3 is 20.2 Å². The fourth-order valence-electron chi connectivity index (χ4n) is 3.28. The van der Waals surface area contributed by atoms with Crippen LogP contribution < -0.4 is 10.2 Å². The standard InChI is InChI=1S/C18H23ClN4O3/c1-2-21-6-8-22(9-7-21)17-13(19)4-3-5-14(17)20-15-12-16(25)23(10-11-24)18(15)26/h3-5,12,20,24H,2,6-11H2,1H3. The minimum Gasteiger partial charge on any atom is -0.395 e. The zero-order valence-corrected chi connectivity index (χ0v) is 15.5. The van der Waals surface area contributed by atoms with Gasteiger partial charge in [-0.3, -0.25) is 14.5 Å². The molecule has 0 unspecified atom stereocenters. The van der Waals surface area contributed by atoms with Crippen molar-refractivity contribution >= 4 is 34.8 Å². The molecule has 3 rings (SSSR count). The van der Waals surface area contributed by atoms with Crippen LogP contribution in [0.3, 0.4) is 0 Å². The van der Waals surface area contributed by atoms with E-state index in [9.17, 15) is 9.59 Å². The zero-order chi connectivity index (χ0) is 18.7. The number of likely N-dealkylation sites (N-methyl/N-ethyl adjacent to an activating group) is 1. The first kappa shape index (κ1) is 18.7. The van der Waals surface area contributed by atoms with Gasteiger partial charge in [-0.05, 0) is 18.7 Å². The summed E-state index contributed by atoms with van der Waals surface area (Å²) in [5.74, 6) is -0.863. The van der Waals surface area contributed by atoms with E-state index in [1.54, 1.807) is 0 Å². The lowest BCUT2D eigenvalue weighted by atomic mass is 10.2. The maximum absolute atomic E-state index is 12.4. The second-order valence-corrected chi connectivity index (χ2v) is 6.67. The van der Waals surface area contributed by atoms with E-state index in [1.807, 2.05) is 18.2 Å². The number of anilines is 2. The van der Waals surface area contributed by atoms with Crippen molar-refractivity contribution in [2.75, 3.05) is 56.1 Å². The average molecular weight is 379 g/mol. The van der Waals surface area contributed by atoms with Crippen molar-refractivity contribution < 1.29 is 14.7 Å². The van der Waals surface area contributed by atoms with Crippen LogP contribution in [-0.2, 0) is 9.59 Å². The lowest BCUT2D eigenvalue weighted by Gasteiger charge is -2.37. The number of benzene rings is 1. The summed E-state index contributed by atoms with van der Waals surface area (Å²) < 4.78 is 0. The summed E-state index contributed by atoms with van der Waals surface area (Å²) in [4.78, 5) is 29.9. The molecule has 2 aliphatic rings. The quantitative estimate of drug-likeness (QED) is 0.723. The number of β-amino-alcohol motifs (C(OH)–C–C–N with tert-alkyl or cyclic N) is 1. The van der Waals surface area contributed by atoms with Gasteiger partial charge in [-0.2, -0.15) is 0 Å². The van der Waals surface area contributed by atoms with Crippen molar-refractivity contribution in [3.05, 3.63) is 35.0 Å². The van der Waals surface area contributed by atoms with Gasteiger partial charge in [-0.25, -0.2) is 0 Å². The van der Waals surface area contributed by atoms with Gasteiger partial charge >= 0.3 is 0 Å². The molecule has 0 bridgehead atoms. The summed E-state index contributed by atoms with van der Waals surface area (Å²) in [5.41, 5.74) is 1.73. The summed E-state index contributed by atoms with van der Waals surface area (Å²) in [6.07, 6.45) is 1.26. The third-order valence-corrected chi connectivity index (χ3v) is 5.03. The maximum Gasteiger partial charge on any atom is 0.277 e. The van der Waals surface area contributed by atoms with E-state index < -0.39 is 11.8 Å².